The Hall–Kier alpha value is -0.120. The smallest absolute Gasteiger partial charge is 0.0503 e. The molecule has 2 unspecified atom stereocenters. The van der Waals surface area contributed by atoms with Gasteiger partial charge in [0.05, 0.1) is 6.67 Å². The number of nitrogens with zero attached hydrogens (tertiary/aromatic N) is 3. The van der Waals surface area contributed by atoms with Crippen molar-refractivity contribution in [2.45, 2.75) is 25.8 Å². The molecule has 1 aliphatic heterocycles. The van der Waals surface area contributed by atoms with E-state index in [0.717, 1.165) is 18.6 Å². The van der Waals surface area contributed by atoms with Gasteiger partial charge in [-0.1, -0.05) is 6.92 Å². The summed E-state index contributed by atoms with van der Waals surface area (Å²) in [5.74, 6) is 0.897. The van der Waals surface area contributed by atoms with Gasteiger partial charge in [-0.3, -0.25) is 9.80 Å². The molecular formula is C12H27N3. The lowest BCUT2D eigenvalue weighted by Crippen LogP contribution is -2.50. The van der Waals surface area contributed by atoms with Gasteiger partial charge in [-0.15, -0.1) is 0 Å². The second-order valence-electron chi connectivity index (χ2n) is 5.58. The number of likely N-dealkylation sites (tertiary alicyclic amines) is 1. The van der Waals surface area contributed by atoms with Crippen molar-refractivity contribution in [3.63, 3.8) is 0 Å². The molecule has 0 aromatic heterocycles. The lowest BCUT2D eigenvalue weighted by atomic mass is 9.92. The highest BCUT2D eigenvalue weighted by Gasteiger charge is 2.26. The van der Waals surface area contributed by atoms with Gasteiger partial charge in [0.25, 0.3) is 0 Å². The van der Waals surface area contributed by atoms with E-state index in [1.807, 2.05) is 0 Å². The van der Waals surface area contributed by atoms with Crippen molar-refractivity contribution in [1.29, 1.82) is 0 Å². The van der Waals surface area contributed by atoms with Crippen molar-refractivity contribution in [1.82, 2.24) is 14.7 Å². The highest BCUT2D eigenvalue weighted by Crippen LogP contribution is 2.22. The topological polar surface area (TPSA) is 9.72 Å². The number of rotatable bonds is 4. The molecule has 1 saturated heterocycles. The molecule has 0 amide bonds. The van der Waals surface area contributed by atoms with E-state index in [1.54, 1.807) is 0 Å². The molecule has 1 aliphatic rings. The summed E-state index contributed by atoms with van der Waals surface area (Å²) in [4.78, 5) is 7.21. The van der Waals surface area contributed by atoms with Crippen LogP contribution in [0.4, 0.5) is 0 Å². The average Bonchev–Trinajstić information content (AvgIpc) is 2.08. The average molecular weight is 213 g/mol. The van der Waals surface area contributed by atoms with Crippen molar-refractivity contribution in [3.05, 3.63) is 0 Å². The standard InChI is InChI=1S/C12H27N3/c1-11-6-7-15(10-14(4)5)12(8-11)9-13(2)3/h11-12H,6-10H2,1-5H3. The van der Waals surface area contributed by atoms with Crippen LogP contribution in [0.2, 0.25) is 0 Å². The quantitative estimate of drug-likeness (QED) is 0.694. The fourth-order valence-electron chi connectivity index (χ4n) is 2.46. The largest absolute Gasteiger partial charge is 0.308 e. The van der Waals surface area contributed by atoms with Gasteiger partial charge >= 0.3 is 0 Å². The minimum Gasteiger partial charge on any atom is -0.308 e. The third-order valence-electron chi connectivity index (χ3n) is 3.14. The normalized spacial score (nSPS) is 29.0. The number of piperidine rings is 1. The van der Waals surface area contributed by atoms with Crippen LogP contribution >= 0.6 is 0 Å². The summed E-state index contributed by atoms with van der Waals surface area (Å²) in [6.45, 7) is 5.94. The van der Waals surface area contributed by atoms with Crippen LogP contribution in [-0.4, -0.2) is 68.7 Å². The molecule has 1 fully saturated rings. The minimum absolute atomic E-state index is 0.742. The van der Waals surface area contributed by atoms with E-state index in [1.165, 1.54) is 25.9 Å². The van der Waals surface area contributed by atoms with Crippen molar-refractivity contribution in [2.75, 3.05) is 47.9 Å². The molecule has 1 heterocycles. The lowest BCUT2D eigenvalue weighted by molar-refractivity contribution is 0.0568. The third-order valence-corrected chi connectivity index (χ3v) is 3.14. The van der Waals surface area contributed by atoms with E-state index in [9.17, 15) is 0 Å². The number of hydrogen-bond donors (Lipinski definition) is 0. The predicted molar refractivity (Wildman–Crippen MR) is 66.0 cm³/mol. The first-order valence-electron chi connectivity index (χ1n) is 6.02. The molecule has 0 spiro atoms. The molecule has 3 nitrogen and oxygen atoms in total. The lowest BCUT2D eigenvalue weighted by Gasteiger charge is -2.41. The minimum atomic E-state index is 0.742. The van der Waals surface area contributed by atoms with Crippen molar-refractivity contribution >= 4 is 0 Å². The molecule has 0 aliphatic carbocycles. The zero-order valence-electron chi connectivity index (χ0n) is 11.0. The first-order chi connectivity index (χ1) is 6.99. The summed E-state index contributed by atoms with van der Waals surface area (Å²) in [6.07, 6.45) is 2.71. The molecule has 90 valence electrons. The fraction of sp³-hybridized carbons (Fsp3) is 1.00. The highest BCUT2D eigenvalue weighted by atomic mass is 15.3. The van der Waals surface area contributed by atoms with Gasteiger partial charge in [-0.25, -0.2) is 0 Å². The Morgan fingerprint density at radius 1 is 1.13 bits per heavy atom. The highest BCUT2D eigenvalue weighted by molar-refractivity contribution is 4.81. The van der Waals surface area contributed by atoms with Crippen LogP contribution in [0.1, 0.15) is 19.8 Å². The summed E-state index contributed by atoms with van der Waals surface area (Å²) in [7, 11) is 8.66. The molecule has 0 saturated carbocycles. The van der Waals surface area contributed by atoms with E-state index in [4.69, 9.17) is 0 Å². The Labute approximate surface area is 95.0 Å². The molecule has 0 N–H and O–H groups in total. The Bertz CT molecular complexity index is 178. The summed E-state index contributed by atoms with van der Waals surface area (Å²) >= 11 is 0. The molecule has 15 heavy (non-hydrogen) atoms. The van der Waals surface area contributed by atoms with Crippen LogP contribution in [0.15, 0.2) is 0 Å². The van der Waals surface area contributed by atoms with Gasteiger partial charge in [-0.2, -0.15) is 0 Å². The molecule has 3 heteroatoms. The van der Waals surface area contributed by atoms with Gasteiger partial charge < -0.3 is 4.90 Å². The van der Waals surface area contributed by atoms with Gasteiger partial charge in [0, 0.05) is 12.6 Å². The van der Waals surface area contributed by atoms with E-state index < -0.39 is 0 Å². The first kappa shape index (κ1) is 12.9. The molecule has 0 radical (unpaired) electrons. The summed E-state index contributed by atoms with van der Waals surface area (Å²) < 4.78 is 0. The summed E-state index contributed by atoms with van der Waals surface area (Å²) in [6, 6.07) is 0.742. The number of likely N-dealkylation sites (N-methyl/N-ethyl adjacent to an activating group) is 1. The van der Waals surface area contributed by atoms with E-state index >= 15 is 0 Å². The van der Waals surface area contributed by atoms with Crippen LogP contribution in [0.25, 0.3) is 0 Å². The molecule has 0 aromatic rings. The van der Waals surface area contributed by atoms with Crippen LogP contribution < -0.4 is 0 Å². The number of hydrogen-bond acceptors (Lipinski definition) is 3. The zero-order chi connectivity index (χ0) is 11.4. The molecule has 0 bridgehead atoms. The molecule has 0 aromatic carbocycles. The monoisotopic (exact) mass is 213 g/mol. The Morgan fingerprint density at radius 3 is 2.33 bits per heavy atom. The van der Waals surface area contributed by atoms with Gasteiger partial charge in [0.15, 0.2) is 0 Å². The van der Waals surface area contributed by atoms with Gasteiger partial charge in [0.1, 0.15) is 0 Å². The Balaban J connectivity index is 2.50. The first-order valence-corrected chi connectivity index (χ1v) is 6.02. The molecule has 2 atom stereocenters. The maximum Gasteiger partial charge on any atom is 0.0503 e. The van der Waals surface area contributed by atoms with E-state index in [2.05, 4.69) is 49.8 Å². The van der Waals surface area contributed by atoms with Crippen molar-refractivity contribution < 1.29 is 0 Å². The van der Waals surface area contributed by atoms with Crippen LogP contribution in [-0.2, 0) is 0 Å². The predicted octanol–water partition coefficient (Wildman–Crippen LogP) is 1.17. The van der Waals surface area contributed by atoms with Crippen molar-refractivity contribution in [2.24, 2.45) is 5.92 Å². The van der Waals surface area contributed by atoms with E-state index in [-0.39, 0.29) is 0 Å². The SMILES string of the molecule is CC1CCN(CN(C)C)C(CN(C)C)C1. The third kappa shape index (κ3) is 4.49. The Morgan fingerprint density at radius 2 is 1.80 bits per heavy atom. The summed E-state index contributed by atoms with van der Waals surface area (Å²) in [5, 5.41) is 0. The van der Waals surface area contributed by atoms with E-state index in [0.29, 0.717) is 0 Å². The van der Waals surface area contributed by atoms with Gasteiger partial charge in [-0.05, 0) is 53.5 Å². The Kier molecular flexibility index (Phi) is 5.03. The molecular weight excluding hydrogens is 186 g/mol. The second-order valence-corrected chi connectivity index (χ2v) is 5.58. The maximum absolute atomic E-state index is 2.62. The van der Waals surface area contributed by atoms with Crippen LogP contribution in [0, 0.1) is 5.92 Å². The van der Waals surface area contributed by atoms with Gasteiger partial charge in [0.2, 0.25) is 0 Å². The summed E-state index contributed by atoms with van der Waals surface area (Å²) in [5.41, 5.74) is 0. The van der Waals surface area contributed by atoms with Crippen molar-refractivity contribution in [3.8, 4) is 0 Å². The van der Waals surface area contributed by atoms with Crippen LogP contribution in [0.3, 0.4) is 0 Å². The maximum atomic E-state index is 2.62. The fourth-order valence-corrected chi connectivity index (χ4v) is 2.46. The second kappa shape index (κ2) is 5.83. The zero-order valence-corrected chi connectivity index (χ0v) is 11.0. The van der Waals surface area contributed by atoms with Crippen LogP contribution in [0.5, 0.6) is 0 Å². The molecule has 1 rings (SSSR count).